The largest absolute Gasteiger partial charge is 0.395 e. The lowest BCUT2D eigenvalue weighted by molar-refractivity contribution is 0.243. The van der Waals surface area contributed by atoms with Gasteiger partial charge in [-0.1, -0.05) is 31.2 Å². The molecule has 0 aliphatic heterocycles. The van der Waals surface area contributed by atoms with Crippen LogP contribution in [0.1, 0.15) is 37.9 Å². The highest BCUT2D eigenvalue weighted by Gasteiger charge is 2.07. The molecule has 15 heavy (non-hydrogen) atoms. The Hall–Kier alpha value is -0.860. The third-order valence-corrected chi connectivity index (χ3v) is 2.70. The molecule has 84 valence electrons. The van der Waals surface area contributed by atoms with Crippen molar-refractivity contribution >= 4 is 0 Å². The lowest BCUT2D eigenvalue weighted by Crippen LogP contribution is -2.31. The summed E-state index contributed by atoms with van der Waals surface area (Å²) in [5.74, 6) is 0. The molecule has 0 bridgehead atoms. The van der Waals surface area contributed by atoms with Crippen molar-refractivity contribution in [2.45, 2.75) is 39.3 Å². The van der Waals surface area contributed by atoms with E-state index < -0.39 is 0 Å². The van der Waals surface area contributed by atoms with Crippen molar-refractivity contribution in [3.63, 3.8) is 0 Å². The normalized spacial score (nSPS) is 14.9. The molecular weight excluding hydrogens is 186 g/mol. The zero-order chi connectivity index (χ0) is 11.3. The predicted octanol–water partition coefficient (Wildman–Crippen LogP) is 2.28. The van der Waals surface area contributed by atoms with Gasteiger partial charge in [-0.25, -0.2) is 0 Å². The molecular formula is C13H21NO. The summed E-state index contributed by atoms with van der Waals surface area (Å²) < 4.78 is 0. The van der Waals surface area contributed by atoms with E-state index in [0.717, 1.165) is 6.42 Å². The number of aliphatic hydroxyl groups excluding tert-OH is 1. The molecule has 2 nitrogen and oxygen atoms in total. The summed E-state index contributed by atoms with van der Waals surface area (Å²) in [4.78, 5) is 0. The van der Waals surface area contributed by atoms with Crippen LogP contribution in [-0.4, -0.2) is 17.8 Å². The SMILES string of the molecule is CCc1ccc([C@@H](C)N[C@H](C)CO)cc1. The maximum atomic E-state index is 8.95. The highest BCUT2D eigenvalue weighted by atomic mass is 16.3. The average Bonchev–Trinajstić information content (AvgIpc) is 2.29. The average molecular weight is 207 g/mol. The molecule has 0 spiro atoms. The molecule has 0 unspecified atom stereocenters. The minimum Gasteiger partial charge on any atom is -0.395 e. The maximum absolute atomic E-state index is 8.95. The van der Waals surface area contributed by atoms with E-state index in [1.807, 2.05) is 6.92 Å². The molecule has 0 aliphatic carbocycles. The lowest BCUT2D eigenvalue weighted by atomic mass is 10.0. The van der Waals surface area contributed by atoms with E-state index in [2.05, 4.69) is 43.4 Å². The van der Waals surface area contributed by atoms with Crippen molar-refractivity contribution in [3.05, 3.63) is 35.4 Å². The van der Waals surface area contributed by atoms with Crippen LogP contribution in [0.2, 0.25) is 0 Å². The van der Waals surface area contributed by atoms with Crippen LogP contribution in [0, 0.1) is 0 Å². The van der Waals surface area contributed by atoms with Crippen LogP contribution in [0.4, 0.5) is 0 Å². The summed E-state index contributed by atoms with van der Waals surface area (Å²) in [6.07, 6.45) is 1.08. The summed E-state index contributed by atoms with van der Waals surface area (Å²) in [6.45, 7) is 6.44. The number of aryl methyl sites for hydroxylation is 1. The van der Waals surface area contributed by atoms with Crippen molar-refractivity contribution < 1.29 is 5.11 Å². The van der Waals surface area contributed by atoms with Gasteiger partial charge in [-0.05, 0) is 31.4 Å². The fourth-order valence-electron chi connectivity index (χ4n) is 1.62. The first-order chi connectivity index (χ1) is 7.17. The smallest absolute Gasteiger partial charge is 0.0582 e. The minimum absolute atomic E-state index is 0.144. The highest BCUT2D eigenvalue weighted by Crippen LogP contribution is 2.14. The minimum atomic E-state index is 0.144. The highest BCUT2D eigenvalue weighted by molar-refractivity contribution is 5.24. The molecule has 0 aliphatic rings. The molecule has 1 aromatic carbocycles. The second-order valence-electron chi connectivity index (χ2n) is 4.07. The Bertz CT molecular complexity index is 281. The Morgan fingerprint density at radius 3 is 2.27 bits per heavy atom. The van der Waals surface area contributed by atoms with E-state index in [-0.39, 0.29) is 18.7 Å². The zero-order valence-corrected chi connectivity index (χ0v) is 9.83. The van der Waals surface area contributed by atoms with Gasteiger partial charge < -0.3 is 10.4 Å². The standard InChI is InChI=1S/C13H21NO/c1-4-12-5-7-13(8-6-12)11(3)14-10(2)9-15/h5-8,10-11,14-15H,4,9H2,1-3H3/t10-,11-/m1/s1. The van der Waals surface area contributed by atoms with Crippen LogP contribution in [-0.2, 0) is 6.42 Å². The molecule has 2 heteroatoms. The fourth-order valence-corrected chi connectivity index (χ4v) is 1.62. The summed E-state index contributed by atoms with van der Waals surface area (Å²) >= 11 is 0. The Morgan fingerprint density at radius 2 is 1.80 bits per heavy atom. The second kappa shape index (κ2) is 5.89. The molecule has 0 aromatic heterocycles. The molecule has 0 saturated heterocycles. The van der Waals surface area contributed by atoms with Gasteiger partial charge in [0.25, 0.3) is 0 Å². The Labute approximate surface area is 92.3 Å². The lowest BCUT2D eigenvalue weighted by Gasteiger charge is -2.18. The number of benzene rings is 1. The first-order valence-corrected chi connectivity index (χ1v) is 5.63. The van der Waals surface area contributed by atoms with E-state index >= 15 is 0 Å². The summed E-state index contributed by atoms with van der Waals surface area (Å²) in [7, 11) is 0. The van der Waals surface area contributed by atoms with Crippen LogP contribution in [0.15, 0.2) is 24.3 Å². The quantitative estimate of drug-likeness (QED) is 0.776. The maximum Gasteiger partial charge on any atom is 0.0582 e. The Balaban J connectivity index is 2.61. The van der Waals surface area contributed by atoms with E-state index in [4.69, 9.17) is 5.11 Å². The molecule has 0 fully saturated rings. The van der Waals surface area contributed by atoms with Gasteiger partial charge in [-0.3, -0.25) is 0 Å². The van der Waals surface area contributed by atoms with Gasteiger partial charge in [0.1, 0.15) is 0 Å². The molecule has 0 saturated carbocycles. The zero-order valence-electron chi connectivity index (χ0n) is 9.83. The topological polar surface area (TPSA) is 32.3 Å². The van der Waals surface area contributed by atoms with E-state index in [0.29, 0.717) is 0 Å². The molecule has 0 amide bonds. The molecule has 2 atom stereocenters. The van der Waals surface area contributed by atoms with Crippen LogP contribution in [0.3, 0.4) is 0 Å². The second-order valence-corrected chi connectivity index (χ2v) is 4.07. The van der Waals surface area contributed by atoms with Crippen LogP contribution in [0.5, 0.6) is 0 Å². The molecule has 1 rings (SSSR count). The molecule has 0 heterocycles. The number of aliphatic hydroxyl groups is 1. The van der Waals surface area contributed by atoms with E-state index in [9.17, 15) is 0 Å². The monoisotopic (exact) mass is 207 g/mol. The predicted molar refractivity (Wildman–Crippen MR) is 63.9 cm³/mol. The Morgan fingerprint density at radius 1 is 1.20 bits per heavy atom. The van der Waals surface area contributed by atoms with Crippen molar-refractivity contribution in [1.82, 2.24) is 5.32 Å². The summed E-state index contributed by atoms with van der Waals surface area (Å²) in [5.41, 5.74) is 2.63. The molecule has 1 aromatic rings. The van der Waals surface area contributed by atoms with Gasteiger partial charge in [0.2, 0.25) is 0 Å². The van der Waals surface area contributed by atoms with Gasteiger partial charge in [0.05, 0.1) is 6.61 Å². The summed E-state index contributed by atoms with van der Waals surface area (Å²) in [6, 6.07) is 9.07. The number of hydrogen-bond donors (Lipinski definition) is 2. The molecule has 0 radical (unpaired) electrons. The first kappa shape index (κ1) is 12.2. The van der Waals surface area contributed by atoms with Gasteiger partial charge in [-0.15, -0.1) is 0 Å². The van der Waals surface area contributed by atoms with Crippen molar-refractivity contribution in [3.8, 4) is 0 Å². The van der Waals surface area contributed by atoms with Crippen molar-refractivity contribution in [2.24, 2.45) is 0 Å². The fraction of sp³-hybridized carbons (Fsp3) is 0.538. The van der Waals surface area contributed by atoms with E-state index in [1.165, 1.54) is 11.1 Å². The van der Waals surface area contributed by atoms with Crippen LogP contribution < -0.4 is 5.32 Å². The van der Waals surface area contributed by atoms with Gasteiger partial charge >= 0.3 is 0 Å². The number of hydrogen-bond acceptors (Lipinski definition) is 2. The van der Waals surface area contributed by atoms with Gasteiger partial charge in [-0.2, -0.15) is 0 Å². The third kappa shape index (κ3) is 3.65. The first-order valence-electron chi connectivity index (χ1n) is 5.63. The molecule has 2 N–H and O–H groups in total. The van der Waals surface area contributed by atoms with Crippen LogP contribution >= 0.6 is 0 Å². The van der Waals surface area contributed by atoms with Crippen molar-refractivity contribution in [2.75, 3.05) is 6.61 Å². The third-order valence-electron chi connectivity index (χ3n) is 2.70. The Kier molecular flexibility index (Phi) is 4.79. The van der Waals surface area contributed by atoms with Gasteiger partial charge in [0.15, 0.2) is 0 Å². The van der Waals surface area contributed by atoms with Crippen LogP contribution in [0.25, 0.3) is 0 Å². The van der Waals surface area contributed by atoms with Crippen molar-refractivity contribution in [1.29, 1.82) is 0 Å². The van der Waals surface area contributed by atoms with Gasteiger partial charge in [0, 0.05) is 12.1 Å². The number of rotatable bonds is 5. The summed E-state index contributed by atoms with van der Waals surface area (Å²) in [5, 5.41) is 12.3. The van der Waals surface area contributed by atoms with E-state index in [1.54, 1.807) is 0 Å². The number of nitrogens with one attached hydrogen (secondary N) is 1.